The largest absolute Gasteiger partial charge is 0.394 e. The summed E-state index contributed by atoms with van der Waals surface area (Å²) in [5.41, 5.74) is 1.03. The Balaban J connectivity index is 1.53. The lowest BCUT2D eigenvalue weighted by Gasteiger charge is -2.46. The van der Waals surface area contributed by atoms with Crippen LogP contribution in [0.4, 0.5) is 16.2 Å². The summed E-state index contributed by atoms with van der Waals surface area (Å²) in [5, 5.41) is 79.3. The van der Waals surface area contributed by atoms with Crippen LogP contribution in [0.1, 0.15) is 39.0 Å². The van der Waals surface area contributed by atoms with Crippen LogP contribution in [0.15, 0.2) is 24.3 Å². The van der Waals surface area contributed by atoms with E-state index in [9.17, 15) is 40.5 Å². The monoisotopic (exact) mass is 573 g/mol. The van der Waals surface area contributed by atoms with Gasteiger partial charge < -0.3 is 65.9 Å². The van der Waals surface area contributed by atoms with Gasteiger partial charge >= 0.3 is 6.03 Å². The Labute approximate surface area is 232 Å². The molecule has 2 amide bonds. The van der Waals surface area contributed by atoms with Crippen molar-refractivity contribution in [2.75, 3.05) is 30.4 Å². The molecule has 10 atom stereocenters. The maximum Gasteiger partial charge on any atom is 0.319 e. The van der Waals surface area contributed by atoms with Gasteiger partial charge in [-0.2, -0.15) is 0 Å². The van der Waals surface area contributed by atoms with Crippen LogP contribution in [0.2, 0.25) is 0 Å². The van der Waals surface area contributed by atoms with E-state index < -0.39 is 74.6 Å². The predicted molar refractivity (Wildman–Crippen MR) is 142 cm³/mol. The summed E-state index contributed by atoms with van der Waals surface area (Å²) in [6.07, 6.45) is -9.33. The summed E-state index contributed by atoms with van der Waals surface area (Å²) in [6.45, 7) is 1.42. The van der Waals surface area contributed by atoms with Crippen molar-refractivity contribution in [3.05, 3.63) is 24.3 Å². The normalized spacial score (nSPS) is 34.3. The van der Waals surface area contributed by atoms with Gasteiger partial charge in [0.2, 0.25) is 0 Å². The lowest BCUT2D eigenvalue weighted by atomic mass is 9.96. The molecule has 0 unspecified atom stereocenters. The highest BCUT2D eigenvalue weighted by Gasteiger charge is 2.50. The van der Waals surface area contributed by atoms with Crippen LogP contribution >= 0.6 is 0 Å². The lowest BCUT2D eigenvalue weighted by Crippen LogP contribution is -2.65. The molecule has 2 heterocycles. The van der Waals surface area contributed by atoms with Gasteiger partial charge in [0.25, 0.3) is 0 Å². The van der Waals surface area contributed by atoms with Crippen LogP contribution < -0.4 is 16.0 Å². The summed E-state index contributed by atoms with van der Waals surface area (Å²) < 4.78 is 16.6. The Morgan fingerprint density at radius 1 is 0.800 bits per heavy atom. The highest BCUT2D eigenvalue weighted by molar-refractivity contribution is 5.89. The molecule has 0 spiro atoms. The van der Waals surface area contributed by atoms with Gasteiger partial charge in [0, 0.05) is 17.9 Å². The van der Waals surface area contributed by atoms with Crippen molar-refractivity contribution in [3.63, 3.8) is 0 Å². The van der Waals surface area contributed by atoms with Crippen LogP contribution in [0, 0.1) is 0 Å². The Morgan fingerprint density at radius 3 is 2.10 bits per heavy atom. The van der Waals surface area contributed by atoms with Gasteiger partial charge in [0.1, 0.15) is 48.8 Å². The fourth-order valence-electron chi connectivity index (χ4n) is 4.63. The third kappa shape index (κ3) is 8.45. The van der Waals surface area contributed by atoms with Gasteiger partial charge in [-0.1, -0.05) is 32.6 Å². The molecule has 2 saturated heterocycles. The third-order valence-electron chi connectivity index (χ3n) is 7.02. The molecule has 3 rings (SSSR count). The maximum absolute atomic E-state index is 12.1. The van der Waals surface area contributed by atoms with Crippen LogP contribution in [0.25, 0.3) is 0 Å². The first-order valence-electron chi connectivity index (χ1n) is 13.7. The van der Waals surface area contributed by atoms with Crippen LogP contribution in [0.5, 0.6) is 0 Å². The molecule has 228 valence electrons. The van der Waals surface area contributed by atoms with E-state index in [4.69, 9.17) is 14.2 Å². The molecular formula is C26H43N3O11. The molecule has 0 aromatic heterocycles. The molecule has 40 heavy (non-hydrogen) atoms. The van der Waals surface area contributed by atoms with E-state index in [2.05, 4.69) is 22.9 Å². The van der Waals surface area contributed by atoms with E-state index in [-0.39, 0.29) is 6.03 Å². The number of anilines is 2. The van der Waals surface area contributed by atoms with Crippen molar-refractivity contribution >= 4 is 17.4 Å². The van der Waals surface area contributed by atoms with Crippen molar-refractivity contribution in [2.24, 2.45) is 0 Å². The number of aliphatic hydroxyl groups is 7. The number of unbranched alkanes of at least 4 members (excludes halogenated alkanes) is 4. The standard InChI is InChI=1S/C26H43N3O11/c1-2-3-4-5-6-11-27-26(37)29-15-9-7-14(8-10-15)28-24-21(35)20(34)23(17(13-31)38-24)40-25-22(36)19(33)18(32)16(12-30)39-25/h7-10,16-25,28,30-36H,2-6,11-13H2,1H3,(H2,27,29,37)/t16-,17-,18+,19+,20-,21-,22-,23-,24-,25+/m1/s1. The lowest BCUT2D eigenvalue weighted by molar-refractivity contribution is -0.340. The highest BCUT2D eigenvalue weighted by atomic mass is 16.7. The minimum atomic E-state index is -1.74. The van der Waals surface area contributed by atoms with Gasteiger partial charge in [-0.15, -0.1) is 0 Å². The zero-order valence-electron chi connectivity index (χ0n) is 22.5. The van der Waals surface area contributed by atoms with E-state index in [1.807, 2.05) is 0 Å². The average Bonchev–Trinajstić information content (AvgIpc) is 2.95. The molecule has 2 aliphatic heterocycles. The first-order chi connectivity index (χ1) is 19.2. The molecule has 14 heteroatoms. The number of amides is 2. The summed E-state index contributed by atoms with van der Waals surface area (Å²) in [4.78, 5) is 12.1. The smallest absolute Gasteiger partial charge is 0.319 e. The average molecular weight is 574 g/mol. The highest BCUT2D eigenvalue weighted by Crippen LogP contribution is 2.30. The zero-order chi connectivity index (χ0) is 29.2. The molecule has 1 aromatic rings. The molecule has 1 aromatic carbocycles. The number of ether oxygens (including phenoxy) is 3. The molecule has 10 N–H and O–H groups in total. The summed E-state index contributed by atoms with van der Waals surface area (Å²) in [5.74, 6) is 0. The number of hydrogen-bond donors (Lipinski definition) is 10. The molecule has 2 fully saturated rings. The van der Waals surface area contributed by atoms with Crippen LogP contribution in [-0.4, -0.2) is 123 Å². The Hall–Kier alpha value is -2.11. The van der Waals surface area contributed by atoms with E-state index in [1.54, 1.807) is 24.3 Å². The molecule has 14 nitrogen and oxygen atoms in total. The van der Waals surface area contributed by atoms with Gasteiger partial charge in [-0.3, -0.25) is 0 Å². The Morgan fingerprint density at radius 2 is 1.45 bits per heavy atom. The minimum Gasteiger partial charge on any atom is -0.394 e. The number of urea groups is 1. The van der Waals surface area contributed by atoms with Crippen molar-refractivity contribution in [1.29, 1.82) is 0 Å². The van der Waals surface area contributed by atoms with E-state index in [0.29, 0.717) is 17.9 Å². The van der Waals surface area contributed by atoms with Crippen LogP contribution in [-0.2, 0) is 14.2 Å². The predicted octanol–water partition coefficient (Wildman–Crippen LogP) is -1.19. The van der Waals surface area contributed by atoms with E-state index in [1.165, 1.54) is 6.42 Å². The van der Waals surface area contributed by atoms with Gasteiger partial charge in [-0.05, 0) is 30.7 Å². The van der Waals surface area contributed by atoms with Gasteiger partial charge in [0.15, 0.2) is 12.5 Å². The number of carbonyl (C=O) groups is 1. The Kier molecular flexibility index (Phi) is 12.8. The topological polar surface area (TPSA) is 222 Å². The van der Waals surface area contributed by atoms with Crippen LogP contribution in [0.3, 0.4) is 0 Å². The number of aliphatic hydroxyl groups excluding tert-OH is 7. The SMILES string of the molecule is CCCCCCCNC(=O)Nc1ccc(N[C@@H]2O[C@H](CO)[C@@H](O[C@@H]3O[C@H](CO)[C@H](O)[C@H](O)[C@H]3O)[C@H](O)[C@H]2O)cc1. The number of benzene rings is 1. The van der Waals surface area contributed by atoms with Gasteiger partial charge in [-0.25, -0.2) is 4.79 Å². The first kappa shape index (κ1) is 32.4. The van der Waals surface area contributed by atoms with E-state index in [0.717, 1.165) is 25.7 Å². The minimum absolute atomic E-state index is 0.318. The van der Waals surface area contributed by atoms with Crippen molar-refractivity contribution in [1.82, 2.24) is 5.32 Å². The quantitative estimate of drug-likeness (QED) is 0.126. The number of rotatable bonds is 13. The van der Waals surface area contributed by atoms with Crippen molar-refractivity contribution < 1.29 is 54.8 Å². The molecule has 0 aliphatic carbocycles. The molecule has 2 aliphatic rings. The first-order valence-corrected chi connectivity index (χ1v) is 13.7. The molecule has 0 bridgehead atoms. The number of carbonyl (C=O) groups excluding carboxylic acids is 1. The number of hydrogen-bond acceptors (Lipinski definition) is 12. The third-order valence-corrected chi connectivity index (χ3v) is 7.02. The summed E-state index contributed by atoms with van der Waals surface area (Å²) >= 11 is 0. The van der Waals surface area contributed by atoms with Crippen molar-refractivity contribution in [2.45, 2.75) is 100 Å². The van der Waals surface area contributed by atoms with Crippen molar-refractivity contribution in [3.8, 4) is 0 Å². The molecule has 0 saturated carbocycles. The number of nitrogens with one attached hydrogen (secondary N) is 3. The molecule has 0 radical (unpaired) electrons. The maximum atomic E-state index is 12.1. The fraction of sp³-hybridized carbons (Fsp3) is 0.731. The molecular weight excluding hydrogens is 530 g/mol. The summed E-state index contributed by atoms with van der Waals surface area (Å²) in [6, 6.07) is 6.23. The fourth-order valence-corrected chi connectivity index (χ4v) is 4.63. The second-order valence-electron chi connectivity index (χ2n) is 10.1. The Bertz CT molecular complexity index is 891. The second kappa shape index (κ2) is 15.8. The second-order valence-corrected chi connectivity index (χ2v) is 10.1. The summed E-state index contributed by atoms with van der Waals surface area (Å²) in [7, 11) is 0. The zero-order valence-corrected chi connectivity index (χ0v) is 22.5. The van der Waals surface area contributed by atoms with E-state index >= 15 is 0 Å². The van der Waals surface area contributed by atoms with Gasteiger partial charge in [0.05, 0.1) is 13.2 Å².